The van der Waals surface area contributed by atoms with Gasteiger partial charge in [0.15, 0.2) is 0 Å². The molecule has 0 spiro atoms. The molecule has 0 radical (unpaired) electrons. The minimum atomic E-state index is -0.544. The number of benzene rings is 2. The van der Waals surface area contributed by atoms with E-state index in [4.69, 9.17) is 4.74 Å². The van der Waals surface area contributed by atoms with Crippen LogP contribution in [0.1, 0.15) is 17.5 Å². The predicted octanol–water partition coefficient (Wildman–Crippen LogP) is 2.93. The van der Waals surface area contributed by atoms with Gasteiger partial charge in [0.05, 0.1) is 0 Å². The van der Waals surface area contributed by atoms with E-state index in [1.54, 1.807) is 4.90 Å². The SMILES string of the molecule is COCC(=O)N1c2ccccc2CC[C@@H]1C(=O)Nc1ccccc1C. The summed E-state index contributed by atoms with van der Waals surface area (Å²) in [4.78, 5) is 27.1. The van der Waals surface area contributed by atoms with E-state index in [2.05, 4.69) is 5.32 Å². The molecule has 1 N–H and O–H groups in total. The number of methoxy groups -OCH3 is 1. The van der Waals surface area contributed by atoms with Gasteiger partial charge >= 0.3 is 0 Å². The van der Waals surface area contributed by atoms with E-state index in [1.807, 2.05) is 55.5 Å². The molecule has 0 unspecified atom stereocenters. The van der Waals surface area contributed by atoms with E-state index in [9.17, 15) is 9.59 Å². The van der Waals surface area contributed by atoms with E-state index < -0.39 is 6.04 Å². The third-order valence-electron chi connectivity index (χ3n) is 4.49. The molecule has 130 valence electrons. The van der Waals surface area contributed by atoms with Crippen LogP contribution in [0.15, 0.2) is 48.5 Å². The van der Waals surface area contributed by atoms with Crippen LogP contribution in [0.3, 0.4) is 0 Å². The lowest BCUT2D eigenvalue weighted by molar-refractivity contribution is -0.126. The molecule has 0 saturated carbocycles. The number of amides is 2. The molecule has 1 aliphatic rings. The van der Waals surface area contributed by atoms with Gasteiger partial charge in [0.25, 0.3) is 5.91 Å². The van der Waals surface area contributed by atoms with E-state index in [1.165, 1.54) is 7.11 Å². The van der Waals surface area contributed by atoms with Crippen LogP contribution in [0.5, 0.6) is 0 Å². The molecule has 1 heterocycles. The number of aryl methyl sites for hydroxylation is 2. The van der Waals surface area contributed by atoms with Crippen LogP contribution in [0.4, 0.5) is 11.4 Å². The van der Waals surface area contributed by atoms with Crippen LogP contribution < -0.4 is 10.2 Å². The number of anilines is 2. The molecule has 5 heteroatoms. The predicted molar refractivity (Wildman–Crippen MR) is 97.7 cm³/mol. The zero-order chi connectivity index (χ0) is 17.8. The molecule has 1 atom stereocenters. The molecule has 2 aromatic rings. The molecule has 2 amide bonds. The molecule has 0 saturated heterocycles. The van der Waals surface area contributed by atoms with E-state index in [0.29, 0.717) is 6.42 Å². The highest BCUT2D eigenvalue weighted by molar-refractivity contribution is 6.06. The van der Waals surface area contributed by atoms with Crippen molar-refractivity contribution in [2.24, 2.45) is 0 Å². The van der Waals surface area contributed by atoms with Gasteiger partial charge in [-0.2, -0.15) is 0 Å². The summed E-state index contributed by atoms with van der Waals surface area (Å²) in [5, 5.41) is 2.96. The summed E-state index contributed by atoms with van der Waals surface area (Å²) in [6.45, 7) is 1.89. The van der Waals surface area contributed by atoms with E-state index >= 15 is 0 Å². The van der Waals surface area contributed by atoms with Crippen LogP contribution in [-0.4, -0.2) is 31.6 Å². The van der Waals surface area contributed by atoms with Crippen molar-refractivity contribution < 1.29 is 14.3 Å². The van der Waals surface area contributed by atoms with Gasteiger partial charge in [-0.1, -0.05) is 36.4 Å². The van der Waals surface area contributed by atoms with Crippen molar-refractivity contribution in [2.75, 3.05) is 23.9 Å². The van der Waals surface area contributed by atoms with Crippen molar-refractivity contribution in [3.63, 3.8) is 0 Å². The van der Waals surface area contributed by atoms with E-state index in [0.717, 1.165) is 28.9 Å². The molecular weight excluding hydrogens is 316 g/mol. The summed E-state index contributed by atoms with van der Waals surface area (Å²) >= 11 is 0. The number of rotatable bonds is 4. The smallest absolute Gasteiger partial charge is 0.253 e. The number of fused-ring (bicyclic) bond motifs is 1. The topological polar surface area (TPSA) is 58.6 Å². The Labute approximate surface area is 147 Å². The lowest BCUT2D eigenvalue weighted by Gasteiger charge is -2.36. The summed E-state index contributed by atoms with van der Waals surface area (Å²) in [5.74, 6) is -0.382. The maximum atomic E-state index is 12.9. The number of hydrogen-bond donors (Lipinski definition) is 1. The highest BCUT2D eigenvalue weighted by Crippen LogP contribution is 2.31. The lowest BCUT2D eigenvalue weighted by atomic mass is 9.95. The Morgan fingerprint density at radius 3 is 2.64 bits per heavy atom. The van der Waals surface area contributed by atoms with Crippen LogP contribution in [0, 0.1) is 6.92 Å². The molecule has 0 aromatic heterocycles. The van der Waals surface area contributed by atoms with Crippen molar-refractivity contribution >= 4 is 23.2 Å². The van der Waals surface area contributed by atoms with Crippen molar-refractivity contribution in [2.45, 2.75) is 25.8 Å². The number of nitrogens with zero attached hydrogens (tertiary/aromatic N) is 1. The average Bonchev–Trinajstić information content (AvgIpc) is 2.62. The number of carbonyl (C=O) groups is 2. The van der Waals surface area contributed by atoms with Crippen molar-refractivity contribution in [1.29, 1.82) is 0 Å². The molecule has 2 aromatic carbocycles. The fourth-order valence-electron chi connectivity index (χ4n) is 3.23. The average molecular weight is 338 g/mol. The van der Waals surface area contributed by atoms with Gasteiger partial charge in [0.2, 0.25) is 5.91 Å². The second kappa shape index (κ2) is 7.49. The highest BCUT2D eigenvalue weighted by Gasteiger charge is 2.35. The molecule has 0 bridgehead atoms. The maximum absolute atomic E-state index is 12.9. The number of nitrogens with one attached hydrogen (secondary N) is 1. The van der Waals surface area contributed by atoms with Crippen LogP contribution in [-0.2, 0) is 20.7 Å². The molecule has 0 aliphatic carbocycles. The van der Waals surface area contributed by atoms with Crippen LogP contribution >= 0.6 is 0 Å². The number of hydrogen-bond acceptors (Lipinski definition) is 3. The van der Waals surface area contributed by atoms with Gasteiger partial charge in [-0.15, -0.1) is 0 Å². The molecule has 25 heavy (non-hydrogen) atoms. The highest BCUT2D eigenvalue weighted by atomic mass is 16.5. The summed E-state index contributed by atoms with van der Waals surface area (Å²) in [5.41, 5.74) is 3.62. The number of carbonyl (C=O) groups excluding carboxylic acids is 2. The van der Waals surface area contributed by atoms with Crippen molar-refractivity contribution in [1.82, 2.24) is 0 Å². The van der Waals surface area contributed by atoms with Gasteiger partial charge in [0.1, 0.15) is 12.6 Å². The van der Waals surface area contributed by atoms with Gasteiger partial charge in [-0.3, -0.25) is 14.5 Å². The second-order valence-electron chi connectivity index (χ2n) is 6.18. The van der Waals surface area contributed by atoms with Gasteiger partial charge < -0.3 is 10.1 Å². The van der Waals surface area contributed by atoms with Crippen molar-refractivity contribution in [3.8, 4) is 0 Å². The van der Waals surface area contributed by atoms with Gasteiger partial charge in [0, 0.05) is 18.5 Å². The fourth-order valence-corrected chi connectivity index (χ4v) is 3.23. The zero-order valence-electron chi connectivity index (χ0n) is 14.5. The normalized spacial score (nSPS) is 16.2. The maximum Gasteiger partial charge on any atom is 0.253 e. The summed E-state index contributed by atoms with van der Waals surface area (Å²) in [7, 11) is 1.48. The molecule has 0 fully saturated rings. The largest absolute Gasteiger partial charge is 0.375 e. The monoisotopic (exact) mass is 338 g/mol. The number of para-hydroxylation sites is 2. The second-order valence-corrected chi connectivity index (χ2v) is 6.18. The fraction of sp³-hybridized carbons (Fsp3) is 0.300. The lowest BCUT2D eigenvalue weighted by Crippen LogP contribution is -2.51. The Bertz CT molecular complexity index is 788. The minimum absolute atomic E-state index is 0.0531. The summed E-state index contributed by atoms with van der Waals surface area (Å²) in [6.07, 6.45) is 1.35. The van der Waals surface area contributed by atoms with E-state index in [-0.39, 0.29) is 18.4 Å². The Morgan fingerprint density at radius 1 is 1.16 bits per heavy atom. The van der Waals surface area contributed by atoms with Crippen LogP contribution in [0.25, 0.3) is 0 Å². The van der Waals surface area contributed by atoms with Gasteiger partial charge in [-0.05, 0) is 43.0 Å². The first kappa shape index (κ1) is 17.2. The molecule has 3 rings (SSSR count). The third kappa shape index (κ3) is 3.56. The van der Waals surface area contributed by atoms with Crippen molar-refractivity contribution in [3.05, 3.63) is 59.7 Å². The first-order valence-electron chi connectivity index (χ1n) is 8.37. The first-order valence-corrected chi connectivity index (χ1v) is 8.37. The summed E-state index contributed by atoms with van der Waals surface area (Å²) < 4.78 is 5.01. The molecule has 1 aliphatic heterocycles. The Hall–Kier alpha value is -2.66. The Kier molecular flexibility index (Phi) is 5.14. The summed E-state index contributed by atoms with van der Waals surface area (Å²) in [6, 6.07) is 14.8. The quantitative estimate of drug-likeness (QED) is 0.932. The standard InChI is InChI=1S/C20H22N2O3/c1-14-7-3-5-9-16(14)21-20(24)18-12-11-15-8-4-6-10-17(15)22(18)19(23)13-25-2/h3-10,18H,11-13H2,1-2H3,(H,21,24)/t18-/m1/s1. The zero-order valence-corrected chi connectivity index (χ0v) is 14.5. The van der Waals surface area contributed by atoms with Crippen LogP contribution in [0.2, 0.25) is 0 Å². The Balaban J connectivity index is 1.90. The first-order chi connectivity index (χ1) is 12.1. The molecular formula is C20H22N2O3. The Morgan fingerprint density at radius 2 is 1.88 bits per heavy atom. The third-order valence-corrected chi connectivity index (χ3v) is 4.49. The minimum Gasteiger partial charge on any atom is -0.375 e. The molecule has 5 nitrogen and oxygen atoms in total. The number of ether oxygens (including phenoxy) is 1. The van der Waals surface area contributed by atoms with Gasteiger partial charge in [-0.25, -0.2) is 0 Å².